The molecule has 1 aromatic rings. The van der Waals surface area contributed by atoms with Crippen LogP contribution >= 0.6 is 15.9 Å². The van der Waals surface area contributed by atoms with Crippen LogP contribution in [0.15, 0.2) is 22.7 Å². The van der Waals surface area contributed by atoms with Gasteiger partial charge in [-0.25, -0.2) is 0 Å². The Morgan fingerprint density at radius 1 is 1.41 bits per heavy atom. The summed E-state index contributed by atoms with van der Waals surface area (Å²) in [4.78, 5) is 2.43. The molecule has 2 atom stereocenters. The summed E-state index contributed by atoms with van der Waals surface area (Å²) in [6.07, 6.45) is 3.39. The van der Waals surface area contributed by atoms with Crippen molar-refractivity contribution in [1.82, 2.24) is 0 Å². The highest BCUT2D eigenvalue weighted by molar-refractivity contribution is 9.10. The van der Waals surface area contributed by atoms with E-state index in [1.807, 2.05) is 19.1 Å². The van der Waals surface area contributed by atoms with Crippen molar-refractivity contribution in [2.24, 2.45) is 0 Å². The number of aliphatic hydroxyl groups is 1. The van der Waals surface area contributed by atoms with E-state index in [1.165, 1.54) is 24.9 Å². The summed E-state index contributed by atoms with van der Waals surface area (Å²) >= 11 is 3.52. The van der Waals surface area contributed by atoms with Gasteiger partial charge >= 0.3 is 0 Å². The van der Waals surface area contributed by atoms with Gasteiger partial charge in [0.05, 0.1) is 6.10 Å². The molecule has 0 saturated carbocycles. The molecule has 2 unspecified atom stereocenters. The lowest BCUT2D eigenvalue weighted by Gasteiger charge is -2.37. The predicted molar refractivity (Wildman–Crippen MR) is 75.4 cm³/mol. The van der Waals surface area contributed by atoms with Gasteiger partial charge in [-0.1, -0.05) is 22.0 Å². The molecule has 0 radical (unpaired) electrons. The fraction of sp³-hybridized carbons (Fsp3) is 0.571. The summed E-state index contributed by atoms with van der Waals surface area (Å²) in [5.74, 6) is 0. The average molecular weight is 298 g/mol. The van der Waals surface area contributed by atoms with Crippen molar-refractivity contribution in [3.05, 3.63) is 28.2 Å². The Hall–Kier alpha value is -0.540. The van der Waals surface area contributed by atoms with Gasteiger partial charge in [0.2, 0.25) is 0 Å². The van der Waals surface area contributed by atoms with Crippen LogP contribution in [-0.2, 0) is 0 Å². The number of anilines is 1. The van der Waals surface area contributed by atoms with Crippen molar-refractivity contribution in [1.29, 1.82) is 0 Å². The summed E-state index contributed by atoms with van der Waals surface area (Å²) in [6, 6.07) is 6.71. The van der Waals surface area contributed by atoms with E-state index in [0.29, 0.717) is 6.04 Å². The first-order valence-electron chi connectivity index (χ1n) is 6.33. The molecule has 17 heavy (non-hydrogen) atoms. The quantitative estimate of drug-likeness (QED) is 0.895. The molecule has 3 heteroatoms. The lowest BCUT2D eigenvalue weighted by atomic mass is 9.99. The zero-order chi connectivity index (χ0) is 12.4. The number of benzene rings is 1. The van der Waals surface area contributed by atoms with Crippen molar-refractivity contribution in [2.45, 2.75) is 45.3 Å². The molecule has 1 saturated heterocycles. The van der Waals surface area contributed by atoms with Crippen LogP contribution in [0, 0.1) is 0 Å². The fourth-order valence-electron chi connectivity index (χ4n) is 2.57. The van der Waals surface area contributed by atoms with E-state index >= 15 is 0 Å². The summed E-state index contributed by atoms with van der Waals surface area (Å²) in [5.41, 5.74) is 2.21. The Balaban J connectivity index is 2.37. The minimum absolute atomic E-state index is 0.410. The van der Waals surface area contributed by atoms with Crippen molar-refractivity contribution < 1.29 is 5.11 Å². The number of piperidine rings is 1. The fourth-order valence-corrected chi connectivity index (χ4v) is 2.92. The van der Waals surface area contributed by atoms with Crippen LogP contribution < -0.4 is 4.90 Å². The number of halogens is 1. The number of hydrogen-bond donors (Lipinski definition) is 1. The number of nitrogens with zero attached hydrogens (tertiary/aromatic N) is 1. The molecule has 0 bridgehead atoms. The second kappa shape index (κ2) is 5.40. The Morgan fingerprint density at radius 2 is 2.18 bits per heavy atom. The van der Waals surface area contributed by atoms with Crippen LogP contribution in [-0.4, -0.2) is 17.7 Å². The zero-order valence-corrected chi connectivity index (χ0v) is 12.1. The van der Waals surface area contributed by atoms with Crippen LogP contribution in [0.2, 0.25) is 0 Å². The molecule has 0 spiro atoms. The standard InChI is InChI=1S/C14H20BrNO/c1-10-5-3-4-8-16(10)14-9-12(15)6-7-13(14)11(2)17/h6-7,9-11,17H,3-5,8H2,1-2H3. The first kappa shape index (κ1) is 12.9. The van der Waals surface area contributed by atoms with Gasteiger partial charge in [0.25, 0.3) is 0 Å². The second-order valence-electron chi connectivity index (χ2n) is 4.92. The minimum Gasteiger partial charge on any atom is -0.389 e. The van der Waals surface area contributed by atoms with E-state index < -0.39 is 6.10 Å². The van der Waals surface area contributed by atoms with Gasteiger partial charge < -0.3 is 10.0 Å². The Bertz CT molecular complexity index is 392. The van der Waals surface area contributed by atoms with Gasteiger partial charge in [-0.2, -0.15) is 0 Å². The van der Waals surface area contributed by atoms with E-state index in [1.54, 1.807) is 0 Å². The van der Waals surface area contributed by atoms with Crippen molar-refractivity contribution in [2.75, 3.05) is 11.4 Å². The SMILES string of the molecule is CC(O)c1ccc(Br)cc1N1CCCCC1C. The molecule has 0 aliphatic carbocycles. The van der Waals surface area contributed by atoms with Crippen LogP contribution in [0.25, 0.3) is 0 Å². The molecule has 94 valence electrons. The van der Waals surface area contributed by atoms with Gasteiger partial charge in [-0.05, 0) is 45.2 Å². The van der Waals surface area contributed by atoms with Gasteiger partial charge in [0.15, 0.2) is 0 Å². The third-order valence-corrected chi connectivity index (χ3v) is 4.05. The third-order valence-electron chi connectivity index (χ3n) is 3.55. The zero-order valence-electron chi connectivity index (χ0n) is 10.5. The van der Waals surface area contributed by atoms with Crippen molar-refractivity contribution >= 4 is 21.6 Å². The van der Waals surface area contributed by atoms with E-state index in [0.717, 1.165) is 16.6 Å². The Morgan fingerprint density at radius 3 is 2.82 bits per heavy atom. The molecule has 1 heterocycles. The second-order valence-corrected chi connectivity index (χ2v) is 5.83. The maximum absolute atomic E-state index is 9.87. The normalized spacial score (nSPS) is 22.6. The number of aliphatic hydroxyl groups excluding tert-OH is 1. The van der Waals surface area contributed by atoms with Crippen LogP contribution in [0.3, 0.4) is 0 Å². The molecule has 1 aliphatic rings. The molecule has 1 aliphatic heterocycles. The van der Waals surface area contributed by atoms with Gasteiger partial charge in [-0.15, -0.1) is 0 Å². The van der Waals surface area contributed by atoms with Gasteiger partial charge in [-0.3, -0.25) is 0 Å². The van der Waals surface area contributed by atoms with Gasteiger partial charge in [0, 0.05) is 28.3 Å². The summed E-state index contributed by atoms with van der Waals surface area (Å²) < 4.78 is 1.08. The molecular formula is C14H20BrNO. The predicted octanol–water partition coefficient (Wildman–Crippen LogP) is 3.88. The van der Waals surface area contributed by atoms with Crippen LogP contribution in [0.1, 0.15) is 44.8 Å². The monoisotopic (exact) mass is 297 g/mol. The molecule has 0 aromatic heterocycles. The minimum atomic E-state index is -0.410. The lowest BCUT2D eigenvalue weighted by molar-refractivity contribution is 0.199. The third kappa shape index (κ3) is 2.83. The van der Waals surface area contributed by atoms with Crippen molar-refractivity contribution in [3.8, 4) is 0 Å². The number of rotatable bonds is 2. The summed E-state index contributed by atoms with van der Waals surface area (Å²) in [5, 5.41) is 9.87. The topological polar surface area (TPSA) is 23.5 Å². The molecule has 1 fully saturated rings. The molecular weight excluding hydrogens is 278 g/mol. The Kier molecular flexibility index (Phi) is 4.10. The smallest absolute Gasteiger partial charge is 0.0782 e. The number of hydrogen-bond acceptors (Lipinski definition) is 2. The average Bonchev–Trinajstić information content (AvgIpc) is 2.29. The molecule has 2 nitrogen and oxygen atoms in total. The lowest BCUT2D eigenvalue weighted by Crippen LogP contribution is -2.38. The first-order valence-corrected chi connectivity index (χ1v) is 7.13. The highest BCUT2D eigenvalue weighted by Gasteiger charge is 2.22. The van der Waals surface area contributed by atoms with E-state index in [2.05, 4.69) is 33.8 Å². The molecule has 1 aromatic carbocycles. The highest BCUT2D eigenvalue weighted by Crippen LogP contribution is 2.33. The molecule has 2 rings (SSSR count). The summed E-state index contributed by atoms with van der Waals surface area (Å²) in [7, 11) is 0. The van der Waals surface area contributed by atoms with E-state index in [9.17, 15) is 5.11 Å². The maximum atomic E-state index is 9.87. The van der Waals surface area contributed by atoms with E-state index in [-0.39, 0.29) is 0 Å². The molecule has 0 amide bonds. The van der Waals surface area contributed by atoms with Crippen molar-refractivity contribution in [3.63, 3.8) is 0 Å². The van der Waals surface area contributed by atoms with Crippen LogP contribution in [0.5, 0.6) is 0 Å². The molecule has 1 N–H and O–H groups in total. The summed E-state index contributed by atoms with van der Waals surface area (Å²) in [6.45, 7) is 5.20. The largest absolute Gasteiger partial charge is 0.389 e. The first-order chi connectivity index (χ1) is 8.09. The van der Waals surface area contributed by atoms with Crippen LogP contribution in [0.4, 0.5) is 5.69 Å². The maximum Gasteiger partial charge on any atom is 0.0782 e. The van der Waals surface area contributed by atoms with E-state index in [4.69, 9.17) is 0 Å². The van der Waals surface area contributed by atoms with Gasteiger partial charge in [0.1, 0.15) is 0 Å². The highest BCUT2D eigenvalue weighted by atomic mass is 79.9. The Labute approximate surface area is 112 Å².